The molecule has 1 aliphatic carbocycles. The van der Waals surface area contributed by atoms with Gasteiger partial charge in [0.25, 0.3) is 5.56 Å². The number of carbonyl (C=O) groups excluding carboxylic acids is 1. The third kappa shape index (κ3) is 1.81. The molecule has 29 heavy (non-hydrogen) atoms. The molecular weight excluding hydrogens is 368 g/mol. The predicted octanol–water partition coefficient (Wildman–Crippen LogP) is 2.84. The summed E-state index contributed by atoms with van der Waals surface area (Å²) < 4.78 is 6.53. The van der Waals surface area contributed by atoms with Gasteiger partial charge >= 0.3 is 5.97 Å². The highest BCUT2D eigenvalue weighted by Crippen LogP contribution is 2.63. The van der Waals surface area contributed by atoms with Crippen molar-refractivity contribution in [3.8, 4) is 5.69 Å². The first-order valence-electron chi connectivity index (χ1n) is 10.5. The number of nitrogens with zero attached hydrogens (tertiary/aromatic N) is 2. The Kier molecular flexibility index (Phi) is 3.23. The van der Waals surface area contributed by atoms with Crippen molar-refractivity contribution < 1.29 is 14.2 Å². The molecule has 2 saturated heterocycles. The SMILES string of the molecule is CC[C@@H]1C[N@+]2([O-])CC[C@]34c5ccccc5-n5c3c(cc(C(=O)OC)c5=O)[C@H]1C[C@@H]42. The molecule has 3 aliphatic heterocycles. The minimum Gasteiger partial charge on any atom is -0.633 e. The van der Waals surface area contributed by atoms with E-state index in [4.69, 9.17) is 4.74 Å². The largest absolute Gasteiger partial charge is 0.633 e. The lowest BCUT2D eigenvalue weighted by molar-refractivity contribution is -0.904. The third-order valence-electron chi connectivity index (χ3n) is 8.22. The number of piperidine rings is 1. The Morgan fingerprint density at radius 2 is 2.17 bits per heavy atom. The maximum atomic E-state index is 13.9. The minimum absolute atomic E-state index is 0.0546. The van der Waals surface area contributed by atoms with Crippen molar-refractivity contribution in [3.05, 3.63) is 68.3 Å². The van der Waals surface area contributed by atoms with E-state index in [-0.39, 0.29) is 33.6 Å². The number of methoxy groups -OCH3 is 1. The summed E-state index contributed by atoms with van der Waals surface area (Å²) >= 11 is 0. The molecule has 5 atom stereocenters. The fourth-order valence-electron chi connectivity index (χ4n) is 7.08. The number of rotatable bonds is 2. The van der Waals surface area contributed by atoms with Crippen molar-refractivity contribution in [2.45, 2.75) is 43.6 Å². The Balaban J connectivity index is 1.77. The number of benzene rings is 1. The Bertz CT molecular complexity index is 1140. The second-order valence-corrected chi connectivity index (χ2v) is 9.12. The first-order valence-corrected chi connectivity index (χ1v) is 10.5. The Morgan fingerprint density at radius 3 is 2.93 bits per heavy atom. The molecule has 0 radical (unpaired) electrons. The van der Waals surface area contributed by atoms with Gasteiger partial charge in [-0.05, 0) is 35.6 Å². The number of fused-ring (bicyclic) bond motifs is 4. The molecule has 2 aromatic rings. The van der Waals surface area contributed by atoms with Crippen molar-refractivity contribution >= 4 is 5.97 Å². The zero-order valence-electron chi connectivity index (χ0n) is 16.7. The van der Waals surface area contributed by atoms with Gasteiger partial charge in [-0.25, -0.2) is 4.79 Å². The van der Waals surface area contributed by atoms with Crippen molar-refractivity contribution in [3.63, 3.8) is 0 Å². The molecule has 0 unspecified atom stereocenters. The van der Waals surface area contributed by atoms with E-state index in [1.807, 2.05) is 18.2 Å². The maximum Gasteiger partial charge on any atom is 0.343 e. The third-order valence-corrected chi connectivity index (χ3v) is 8.22. The number of carbonyl (C=O) groups is 1. The van der Waals surface area contributed by atoms with E-state index in [1.54, 1.807) is 10.6 Å². The molecule has 4 heterocycles. The fraction of sp³-hybridized carbons (Fsp3) is 0.478. The molecule has 6 nitrogen and oxygen atoms in total. The van der Waals surface area contributed by atoms with Crippen LogP contribution in [0.2, 0.25) is 0 Å². The van der Waals surface area contributed by atoms with Crippen LogP contribution in [0.1, 0.15) is 59.3 Å². The van der Waals surface area contributed by atoms with Gasteiger partial charge in [-0.3, -0.25) is 9.36 Å². The van der Waals surface area contributed by atoms with Crippen LogP contribution >= 0.6 is 0 Å². The summed E-state index contributed by atoms with van der Waals surface area (Å²) in [7, 11) is 1.31. The number of ether oxygens (including phenoxy) is 1. The zero-order chi connectivity index (χ0) is 20.1. The molecule has 150 valence electrons. The molecular formula is C23H24N2O4. The zero-order valence-corrected chi connectivity index (χ0v) is 16.7. The van der Waals surface area contributed by atoms with Crippen LogP contribution in [0.15, 0.2) is 35.1 Å². The molecule has 4 aliphatic rings. The van der Waals surface area contributed by atoms with Gasteiger partial charge in [0.1, 0.15) is 11.6 Å². The van der Waals surface area contributed by atoms with Crippen molar-refractivity contribution in [2.75, 3.05) is 20.2 Å². The topological polar surface area (TPSA) is 71.4 Å². The van der Waals surface area contributed by atoms with Gasteiger partial charge in [0.15, 0.2) is 0 Å². The van der Waals surface area contributed by atoms with Gasteiger partial charge in [-0.2, -0.15) is 0 Å². The normalized spacial score (nSPS) is 35.2. The van der Waals surface area contributed by atoms with Crippen LogP contribution in [0.5, 0.6) is 0 Å². The van der Waals surface area contributed by atoms with E-state index >= 15 is 0 Å². The van der Waals surface area contributed by atoms with Crippen molar-refractivity contribution in [2.24, 2.45) is 5.92 Å². The average Bonchev–Trinajstić information content (AvgIpc) is 3.23. The molecule has 6 heteroatoms. The standard InChI is InChI=1S/C23H24N2O4/c1-3-13-12-25(28)9-8-23-17-6-4-5-7-18(17)24-20(23)15(14(13)11-19(23)25)10-16(21(24)26)22(27)29-2/h4-7,10,13-14,19H,3,8-9,11-12H2,1-2H3/t13-,14+,19+,23-,25-/m1/s1. The molecule has 1 spiro atoms. The second kappa shape index (κ2) is 5.37. The highest BCUT2D eigenvalue weighted by atomic mass is 16.6. The Labute approximate surface area is 168 Å². The number of esters is 1. The first kappa shape index (κ1) is 17.4. The summed E-state index contributed by atoms with van der Waals surface area (Å²) in [6.07, 6.45) is 2.50. The van der Waals surface area contributed by atoms with Gasteiger partial charge in [-0.1, -0.05) is 25.1 Å². The summed E-state index contributed by atoms with van der Waals surface area (Å²) in [5.74, 6) is -0.126. The van der Waals surface area contributed by atoms with E-state index in [1.165, 1.54) is 7.11 Å². The summed E-state index contributed by atoms with van der Waals surface area (Å²) in [5.41, 5.74) is 3.31. The quantitative estimate of drug-likeness (QED) is 0.448. The molecule has 6 rings (SSSR count). The van der Waals surface area contributed by atoms with Crippen LogP contribution in [-0.2, 0) is 10.2 Å². The monoisotopic (exact) mass is 392 g/mol. The van der Waals surface area contributed by atoms with Crippen LogP contribution in [0.4, 0.5) is 0 Å². The van der Waals surface area contributed by atoms with Gasteiger partial charge in [0, 0.05) is 24.5 Å². The lowest BCUT2D eigenvalue weighted by Gasteiger charge is -2.57. The predicted molar refractivity (Wildman–Crippen MR) is 107 cm³/mol. The highest BCUT2D eigenvalue weighted by Gasteiger charge is 2.67. The van der Waals surface area contributed by atoms with E-state index in [0.29, 0.717) is 13.1 Å². The van der Waals surface area contributed by atoms with Crippen LogP contribution in [0, 0.1) is 11.1 Å². The number of para-hydroxylation sites is 1. The van der Waals surface area contributed by atoms with Crippen LogP contribution in [-0.4, -0.2) is 41.4 Å². The van der Waals surface area contributed by atoms with Crippen molar-refractivity contribution in [1.82, 2.24) is 4.57 Å². The van der Waals surface area contributed by atoms with Crippen LogP contribution < -0.4 is 5.56 Å². The lowest BCUT2D eigenvalue weighted by atomic mass is 9.59. The van der Waals surface area contributed by atoms with Gasteiger partial charge in [-0.15, -0.1) is 0 Å². The average molecular weight is 392 g/mol. The van der Waals surface area contributed by atoms with Crippen molar-refractivity contribution in [1.29, 1.82) is 0 Å². The first-order chi connectivity index (χ1) is 14.0. The number of aromatic nitrogens is 1. The highest BCUT2D eigenvalue weighted by molar-refractivity contribution is 5.89. The Morgan fingerprint density at radius 1 is 1.38 bits per heavy atom. The Hall–Kier alpha value is -2.44. The molecule has 0 amide bonds. The van der Waals surface area contributed by atoms with E-state index in [0.717, 1.165) is 41.8 Å². The van der Waals surface area contributed by atoms with Gasteiger partial charge < -0.3 is 14.6 Å². The van der Waals surface area contributed by atoms with Crippen LogP contribution in [0.3, 0.4) is 0 Å². The molecule has 1 aromatic carbocycles. The number of quaternary nitrogens is 1. The fourth-order valence-corrected chi connectivity index (χ4v) is 7.08. The number of hydroxylamine groups is 3. The van der Waals surface area contributed by atoms with E-state index in [9.17, 15) is 14.8 Å². The van der Waals surface area contributed by atoms with Crippen LogP contribution in [0.25, 0.3) is 5.69 Å². The number of hydrogen-bond acceptors (Lipinski definition) is 4. The number of hydrogen-bond donors (Lipinski definition) is 0. The van der Waals surface area contributed by atoms with E-state index in [2.05, 4.69) is 13.0 Å². The minimum atomic E-state index is -0.591. The van der Waals surface area contributed by atoms with Gasteiger partial charge in [0.05, 0.1) is 31.3 Å². The summed E-state index contributed by atoms with van der Waals surface area (Å²) in [6, 6.07) is 9.68. The molecule has 0 N–H and O–H groups in total. The maximum absolute atomic E-state index is 13.9. The smallest absolute Gasteiger partial charge is 0.343 e. The molecule has 1 aromatic heterocycles. The second-order valence-electron chi connectivity index (χ2n) is 9.12. The summed E-state index contributed by atoms with van der Waals surface area (Å²) in [5, 5.41) is 13.9. The molecule has 2 bridgehead atoms. The lowest BCUT2D eigenvalue weighted by Crippen LogP contribution is -2.61. The van der Waals surface area contributed by atoms with E-state index < -0.39 is 11.4 Å². The molecule has 2 fully saturated rings. The summed E-state index contributed by atoms with van der Waals surface area (Å²) in [6.45, 7) is 3.36. The number of pyridine rings is 1. The van der Waals surface area contributed by atoms with Gasteiger partial charge in [0.2, 0.25) is 0 Å². The molecule has 0 saturated carbocycles. The summed E-state index contributed by atoms with van der Waals surface area (Å²) in [4.78, 5) is 25.9.